The minimum atomic E-state index is -0.436. The average Bonchev–Trinajstić information content (AvgIpc) is 2.28. The lowest BCUT2D eigenvalue weighted by molar-refractivity contribution is 0.101. The Bertz CT molecular complexity index is 536. The summed E-state index contributed by atoms with van der Waals surface area (Å²) in [6.45, 7) is 1.66. The van der Waals surface area contributed by atoms with E-state index in [1.807, 2.05) is 0 Å². The normalized spacial score (nSPS) is 8.82. The Labute approximate surface area is 98.1 Å². The molecular weight excluding hydrogens is 221 g/mol. The van der Waals surface area contributed by atoms with Crippen LogP contribution in [0.15, 0.2) is 23.3 Å². The van der Waals surface area contributed by atoms with Gasteiger partial charge in [-0.25, -0.2) is 4.39 Å². The second-order valence-corrected chi connectivity index (χ2v) is 3.25. The van der Waals surface area contributed by atoms with Gasteiger partial charge in [0.1, 0.15) is 5.82 Å². The predicted octanol–water partition coefficient (Wildman–Crippen LogP) is 3.08. The van der Waals surface area contributed by atoms with E-state index in [2.05, 4.69) is 21.9 Å². The van der Waals surface area contributed by atoms with E-state index in [9.17, 15) is 9.18 Å². The minimum absolute atomic E-state index is 0.163. The molecule has 86 valence electrons. The molecule has 4 nitrogen and oxygen atoms in total. The molecule has 0 aliphatic carbocycles. The zero-order valence-electron chi connectivity index (χ0n) is 9.27. The van der Waals surface area contributed by atoms with Gasteiger partial charge in [0.05, 0.1) is 0 Å². The standard InChI is InChI=1S/C12H10FN3O/c1-9(17)12-6-5-11(13)8-10(12)4-2-3-7-15-16-14/h5-6,8H,3,7H2,1H3. The lowest BCUT2D eigenvalue weighted by atomic mass is 10.0. The first-order valence-electron chi connectivity index (χ1n) is 4.95. The molecule has 0 aliphatic heterocycles. The van der Waals surface area contributed by atoms with Gasteiger partial charge < -0.3 is 0 Å². The summed E-state index contributed by atoms with van der Waals surface area (Å²) in [7, 11) is 0. The third-order valence-corrected chi connectivity index (χ3v) is 1.98. The molecule has 0 N–H and O–H groups in total. The molecule has 0 heterocycles. The average molecular weight is 231 g/mol. The SMILES string of the molecule is CC(=O)c1ccc(F)cc1C#CCCN=[N+]=[N-]. The van der Waals surface area contributed by atoms with Crippen LogP contribution in [0.4, 0.5) is 4.39 Å². The lowest BCUT2D eigenvalue weighted by Gasteiger charge is -1.99. The van der Waals surface area contributed by atoms with Gasteiger partial charge in [-0.15, -0.1) is 0 Å². The van der Waals surface area contributed by atoms with Crippen molar-refractivity contribution in [2.24, 2.45) is 5.11 Å². The van der Waals surface area contributed by atoms with Gasteiger partial charge in [-0.05, 0) is 30.7 Å². The molecule has 0 aliphatic rings. The summed E-state index contributed by atoms with van der Waals surface area (Å²) in [4.78, 5) is 13.8. The fraction of sp³-hybridized carbons (Fsp3) is 0.250. The second-order valence-electron chi connectivity index (χ2n) is 3.25. The van der Waals surface area contributed by atoms with Crippen molar-refractivity contribution < 1.29 is 9.18 Å². The highest BCUT2D eigenvalue weighted by Gasteiger charge is 2.05. The van der Waals surface area contributed by atoms with Gasteiger partial charge in [-0.1, -0.05) is 17.0 Å². The summed E-state index contributed by atoms with van der Waals surface area (Å²) in [5, 5.41) is 3.32. The van der Waals surface area contributed by atoms with Gasteiger partial charge >= 0.3 is 0 Å². The van der Waals surface area contributed by atoms with Gasteiger partial charge in [-0.2, -0.15) is 0 Å². The Kier molecular flexibility index (Phi) is 4.74. The van der Waals surface area contributed by atoms with Crippen LogP contribution in [-0.2, 0) is 0 Å². The molecule has 1 rings (SSSR count). The Morgan fingerprint density at radius 2 is 2.35 bits per heavy atom. The smallest absolute Gasteiger partial charge is 0.161 e. The van der Waals surface area contributed by atoms with Crippen LogP contribution in [0.5, 0.6) is 0 Å². The number of azide groups is 1. The minimum Gasteiger partial charge on any atom is -0.294 e. The van der Waals surface area contributed by atoms with Crippen LogP contribution in [0.1, 0.15) is 29.3 Å². The first-order chi connectivity index (χ1) is 8.15. The Balaban J connectivity index is 2.91. The van der Waals surface area contributed by atoms with E-state index >= 15 is 0 Å². The summed E-state index contributed by atoms with van der Waals surface area (Å²) in [5.41, 5.74) is 8.80. The number of hydrogen-bond acceptors (Lipinski definition) is 2. The van der Waals surface area contributed by atoms with Crippen molar-refractivity contribution in [3.05, 3.63) is 45.6 Å². The molecule has 0 atom stereocenters. The van der Waals surface area contributed by atoms with E-state index in [4.69, 9.17) is 5.53 Å². The molecule has 1 aromatic rings. The number of nitrogens with zero attached hydrogens (tertiary/aromatic N) is 3. The van der Waals surface area contributed by atoms with E-state index in [0.29, 0.717) is 17.5 Å². The number of halogens is 1. The van der Waals surface area contributed by atoms with E-state index in [0.717, 1.165) is 0 Å². The van der Waals surface area contributed by atoms with E-state index in [-0.39, 0.29) is 12.3 Å². The molecule has 17 heavy (non-hydrogen) atoms. The highest BCUT2D eigenvalue weighted by Crippen LogP contribution is 2.11. The molecule has 1 aromatic carbocycles. The summed E-state index contributed by atoms with van der Waals surface area (Å²) in [6, 6.07) is 3.86. The number of ketones is 1. The van der Waals surface area contributed by atoms with Crippen LogP contribution in [0.2, 0.25) is 0 Å². The van der Waals surface area contributed by atoms with Crippen LogP contribution >= 0.6 is 0 Å². The van der Waals surface area contributed by atoms with Crippen molar-refractivity contribution in [1.82, 2.24) is 0 Å². The lowest BCUT2D eigenvalue weighted by Crippen LogP contribution is -1.97. The molecule has 0 fully saturated rings. The van der Waals surface area contributed by atoms with Gasteiger partial charge in [0, 0.05) is 29.0 Å². The van der Waals surface area contributed by atoms with Crippen molar-refractivity contribution in [1.29, 1.82) is 0 Å². The first kappa shape index (κ1) is 12.8. The monoisotopic (exact) mass is 231 g/mol. The van der Waals surface area contributed by atoms with Gasteiger partial charge in [0.15, 0.2) is 5.78 Å². The molecule has 0 aromatic heterocycles. The van der Waals surface area contributed by atoms with Crippen LogP contribution in [0.3, 0.4) is 0 Å². The largest absolute Gasteiger partial charge is 0.294 e. The predicted molar refractivity (Wildman–Crippen MR) is 61.9 cm³/mol. The zero-order chi connectivity index (χ0) is 12.7. The number of rotatable bonds is 3. The first-order valence-corrected chi connectivity index (χ1v) is 4.95. The van der Waals surface area contributed by atoms with E-state index in [1.54, 1.807) is 0 Å². The van der Waals surface area contributed by atoms with Crippen molar-refractivity contribution in [3.63, 3.8) is 0 Å². The van der Waals surface area contributed by atoms with Gasteiger partial charge in [0.25, 0.3) is 0 Å². The Hall–Kier alpha value is -2.31. The number of carbonyl (C=O) groups is 1. The fourth-order valence-electron chi connectivity index (χ4n) is 1.24. The Morgan fingerprint density at radius 3 is 3.00 bits per heavy atom. The van der Waals surface area contributed by atoms with E-state index in [1.165, 1.54) is 25.1 Å². The molecule has 0 radical (unpaired) electrons. The van der Waals surface area contributed by atoms with Crippen LogP contribution in [0.25, 0.3) is 10.4 Å². The maximum atomic E-state index is 13.0. The maximum absolute atomic E-state index is 13.0. The zero-order valence-corrected chi connectivity index (χ0v) is 9.27. The van der Waals surface area contributed by atoms with Crippen molar-refractivity contribution in [2.45, 2.75) is 13.3 Å². The number of Topliss-reactive ketones (excluding diaryl/α,β-unsaturated/α-hetero) is 1. The summed E-state index contributed by atoms with van der Waals surface area (Å²) in [5.74, 6) is 4.83. The van der Waals surface area contributed by atoms with E-state index < -0.39 is 5.82 Å². The quantitative estimate of drug-likeness (QED) is 0.197. The van der Waals surface area contributed by atoms with Crippen LogP contribution in [-0.4, -0.2) is 12.3 Å². The highest BCUT2D eigenvalue weighted by atomic mass is 19.1. The summed E-state index contributed by atoms with van der Waals surface area (Å²) >= 11 is 0. The Morgan fingerprint density at radius 1 is 1.59 bits per heavy atom. The summed E-state index contributed by atoms with van der Waals surface area (Å²) < 4.78 is 13.0. The maximum Gasteiger partial charge on any atom is 0.161 e. The molecule has 0 saturated carbocycles. The number of carbonyl (C=O) groups excluding carboxylic acids is 1. The number of hydrogen-bond donors (Lipinski definition) is 0. The topological polar surface area (TPSA) is 65.8 Å². The molecule has 5 heteroatoms. The molecule has 0 unspecified atom stereocenters. The molecule has 0 amide bonds. The molecule has 0 saturated heterocycles. The third-order valence-electron chi connectivity index (χ3n) is 1.98. The van der Waals surface area contributed by atoms with Crippen molar-refractivity contribution >= 4 is 5.78 Å². The molecule has 0 spiro atoms. The number of benzene rings is 1. The van der Waals surface area contributed by atoms with Crippen LogP contribution in [0, 0.1) is 17.7 Å². The third kappa shape index (κ3) is 3.98. The molecular formula is C12H10FN3O. The van der Waals surface area contributed by atoms with Crippen LogP contribution < -0.4 is 0 Å². The van der Waals surface area contributed by atoms with Gasteiger partial charge in [-0.3, -0.25) is 4.79 Å². The summed E-state index contributed by atoms with van der Waals surface area (Å²) in [6.07, 6.45) is 0.373. The second kappa shape index (κ2) is 6.31. The fourth-order valence-corrected chi connectivity index (χ4v) is 1.24. The molecule has 0 bridgehead atoms. The van der Waals surface area contributed by atoms with Crippen molar-refractivity contribution in [3.8, 4) is 11.8 Å². The van der Waals surface area contributed by atoms with Gasteiger partial charge in [0.2, 0.25) is 0 Å². The van der Waals surface area contributed by atoms with Crippen molar-refractivity contribution in [2.75, 3.05) is 6.54 Å². The highest BCUT2D eigenvalue weighted by molar-refractivity contribution is 5.96.